The van der Waals surface area contributed by atoms with Gasteiger partial charge in [-0.1, -0.05) is 6.07 Å². The third-order valence-corrected chi connectivity index (χ3v) is 4.61. The van der Waals surface area contributed by atoms with E-state index in [9.17, 15) is 14.0 Å². The highest BCUT2D eigenvalue weighted by Gasteiger charge is 2.21. The molecule has 0 saturated carbocycles. The molecule has 0 bridgehead atoms. The summed E-state index contributed by atoms with van der Waals surface area (Å²) in [5.74, 6) is -1.25. The molecule has 0 unspecified atom stereocenters. The van der Waals surface area contributed by atoms with Gasteiger partial charge >= 0.3 is 5.97 Å². The van der Waals surface area contributed by atoms with Gasteiger partial charge in [-0.05, 0) is 45.6 Å². The Balaban J connectivity index is 2.19. The zero-order chi connectivity index (χ0) is 16.1. The fourth-order valence-corrected chi connectivity index (χ4v) is 3.18. The van der Waals surface area contributed by atoms with Crippen LogP contribution in [0.25, 0.3) is 0 Å². The Morgan fingerprint density at radius 1 is 1.41 bits per heavy atom. The average molecular weight is 386 g/mol. The van der Waals surface area contributed by atoms with E-state index < -0.39 is 23.7 Å². The molecule has 1 N–H and O–H groups in total. The monoisotopic (exact) mass is 385 g/mol. The molecule has 1 aromatic carbocycles. The van der Waals surface area contributed by atoms with E-state index in [1.807, 2.05) is 17.5 Å². The lowest BCUT2D eigenvalue weighted by Gasteiger charge is -2.17. The molecule has 0 saturated heterocycles. The Bertz CT molecular complexity index is 675. The fraction of sp³-hybridized carbons (Fsp3) is 0.200. The average Bonchev–Trinajstić information content (AvgIpc) is 3.00. The second-order valence-electron chi connectivity index (χ2n) is 4.45. The van der Waals surface area contributed by atoms with E-state index in [2.05, 4.69) is 26.0 Å². The van der Waals surface area contributed by atoms with Crippen molar-refractivity contribution in [3.05, 3.63) is 56.4 Å². The fourth-order valence-electron chi connectivity index (χ4n) is 1.87. The van der Waals surface area contributed by atoms with Crippen LogP contribution in [-0.2, 0) is 9.53 Å². The number of hydrogen-bond acceptors (Lipinski definition) is 4. The van der Waals surface area contributed by atoms with E-state index >= 15 is 0 Å². The van der Waals surface area contributed by atoms with E-state index in [4.69, 9.17) is 0 Å². The molecular weight excluding hydrogens is 373 g/mol. The zero-order valence-corrected chi connectivity index (χ0v) is 14.0. The van der Waals surface area contributed by atoms with Crippen LogP contribution in [0.2, 0.25) is 0 Å². The molecule has 1 amide bonds. The Morgan fingerprint density at radius 2 is 2.18 bits per heavy atom. The molecule has 2 rings (SSSR count). The van der Waals surface area contributed by atoms with Gasteiger partial charge in [-0.25, -0.2) is 4.39 Å². The standard InChI is InChI=1S/C15H13BrFNO3S/c1-21-14(19)8-12(13-3-2-6-22-13)18-15(20)10-5-4-9(17)7-11(10)16/h2-7,12H,8H2,1H3,(H,18,20)/t12-/m0/s1. The van der Waals surface area contributed by atoms with Crippen molar-refractivity contribution < 1.29 is 18.7 Å². The van der Waals surface area contributed by atoms with Crippen LogP contribution in [0.1, 0.15) is 27.7 Å². The summed E-state index contributed by atoms with van der Waals surface area (Å²) >= 11 is 4.59. The Labute approximate surface area is 139 Å². The number of amides is 1. The number of hydrogen-bond donors (Lipinski definition) is 1. The van der Waals surface area contributed by atoms with Gasteiger partial charge in [-0.2, -0.15) is 0 Å². The van der Waals surface area contributed by atoms with Crippen LogP contribution in [0.15, 0.2) is 40.2 Å². The van der Waals surface area contributed by atoms with Crippen LogP contribution in [0.3, 0.4) is 0 Å². The number of carbonyl (C=O) groups is 2. The lowest BCUT2D eigenvalue weighted by atomic mass is 10.1. The SMILES string of the molecule is COC(=O)C[C@H](NC(=O)c1ccc(F)cc1Br)c1cccs1. The molecule has 0 aliphatic heterocycles. The third kappa shape index (κ3) is 4.14. The van der Waals surface area contributed by atoms with Crippen molar-refractivity contribution in [3.63, 3.8) is 0 Å². The van der Waals surface area contributed by atoms with Gasteiger partial charge in [0.25, 0.3) is 5.91 Å². The third-order valence-electron chi connectivity index (χ3n) is 2.97. The summed E-state index contributed by atoms with van der Waals surface area (Å²) in [7, 11) is 1.30. The van der Waals surface area contributed by atoms with Crippen molar-refractivity contribution in [3.8, 4) is 0 Å². The second kappa shape index (κ2) is 7.51. The maximum atomic E-state index is 13.1. The number of carbonyl (C=O) groups excluding carboxylic acids is 2. The van der Waals surface area contributed by atoms with Crippen LogP contribution in [0.4, 0.5) is 4.39 Å². The van der Waals surface area contributed by atoms with E-state index in [0.29, 0.717) is 10.0 Å². The highest BCUT2D eigenvalue weighted by molar-refractivity contribution is 9.10. The van der Waals surface area contributed by atoms with Crippen LogP contribution >= 0.6 is 27.3 Å². The molecule has 2 aromatic rings. The van der Waals surface area contributed by atoms with Gasteiger partial charge < -0.3 is 10.1 Å². The van der Waals surface area contributed by atoms with Crippen molar-refractivity contribution in [2.45, 2.75) is 12.5 Å². The van der Waals surface area contributed by atoms with Crippen LogP contribution in [0.5, 0.6) is 0 Å². The number of esters is 1. The first-order valence-electron chi connectivity index (χ1n) is 6.37. The lowest BCUT2D eigenvalue weighted by Crippen LogP contribution is -2.30. The van der Waals surface area contributed by atoms with Gasteiger partial charge in [0.1, 0.15) is 5.82 Å². The molecular formula is C15H13BrFNO3S. The molecule has 0 fully saturated rings. The molecule has 1 atom stereocenters. The highest BCUT2D eigenvalue weighted by atomic mass is 79.9. The molecule has 0 spiro atoms. The summed E-state index contributed by atoms with van der Waals surface area (Å²) in [6, 6.07) is 6.99. The molecule has 116 valence electrons. The number of methoxy groups -OCH3 is 1. The van der Waals surface area contributed by atoms with E-state index in [1.54, 1.807) is 0 Å². The first-order chi connectivity index (χ1) is 10.5. The zero-order valence-electron chi connectivity index (χ0n) is 11.6. The van der Waals surface area contributed by atoms with Crippen LogP contribution in [-0.4, -0.2) is 19.0 Å². The Hall–Kier alpha value is -1.73. The number of rotatable bonds is 5. The highest BCUT2D eigenvalue weighted by Crippen LogP contribution is 2.24. The first-order valence-corrected chi connectivity index (χ1v) is 8.04. The Kier molecular flexibility index (Phi) is 5.68. The number of nitrogens with one attached hydrogen (secondary N) is 1. The molecule has 7 heteroatoms. The number of ether oxygens (including phenoxy) is 1. The Morgan fingerprint density at radius 3 is 2.77 bits per heavy atom. The smallest absolute Gasteiger partial charge is 0.307 e. The maximum Gasteiger partial charge on any atom is 0.307 e. The predicted molar refractivity (Wildman–Crippen MR) is 85.3 cm³/mol. The summed E-state index contributed by atoms with van der Waals surface area (Å²) in [5.41, 5.74) is 0.299. The normalized spacial score (nSPS) is 11.8. The second-order valence-corrected chi connectivity index (χ2v) is 6.28. The van der Waals surface area contributed by atoms with Crippen LogP contribution in [0, 0.1) is 5.82 Å². The summed E-state index contributed by atoms with van der Waals surface area (Å²) in [4.78, 5) is 24.7. The molecule has 1 aromatic heterocycles. The number of thiophene rings is 1. The van der Waals surface area contributed by atoms with E-state index in [-0.39, 0.29) is 6.42 Å². The van der Waals surface area contributed by atoms with Crippen molar-refractivity contribution in [2.75, 3.05) is 7.11 Å². The van der Waals surface area contributed by atoms with Gasteiger partial charge in [-0.3, -0.25) is 9.59 Å². The topological polar surface area (TPSA) is 55.4 Å². The number of benzene rings is 1. The minimum atomic E-state index is -0.489. The first kappa shape index (κ1) is 16.6. The minimum absolute atomic E-state index is 0.0293. The van der Waals surface area contributed by atoms with Gasteiger partial charge in [0.05, 0.1) is 25.1 Å². The molecule has 22 heavy (non-hydrogen) atoms. The van der Waals surface area contributed by atoms with E-state index in [1.165, 1.54) is 36.6 Å². The van der Waals surface area contributed by atoms with Crippen molar-refractivity contribution in [1.82, 2.24) is 5.32 Å². The predicted octanol–water partition coefficient (Wildman–Crippen LogP) is 3.68. The summed E-state index contributed by atoms with van der Waals surface area (Å²) in [6.07, 6.45) is 0.0293. The van der Waals surface area contributed by atoms with Crippen molar-refractivity contribution >= 4 is 39.1 Å². The molecule has 0 aliphatic carbocycles. The molecule has 0 aliphatic rings. The van der Waals surface area contributed by atoms with Gasteiger partial charge in [0.15, 0.2) is 0 Å². The molecule has 4 nitrogen and oxygen atoms in total. The van der Waals surface area contributed by atoms with Gasteiger partial charge in [-0.15, -0.1) is 11.3 Å². The summed E-state index contributed by atoms with van der Waals surface area (Å²) in [5, 5.41) is 4.64. The summed E-state index contributed by atoms with van der Waals surface area (Å²) in [6.45, 7) is 0. The maximum absolute atomic E-state index is 13.1. The van der Waals surface area contributed by atoms with Crippen molar-refractivity contribution in [2.24, 2.45) is 0 Å². The largest absolute Gasteiger partial charge is 0.469 e. The number of halogens is 2. The summed E-state index contributed by atoms with van der Waals surface area (Å²) < 4.78 is 18.1. The van der Waals surface area contributed by atoms with E-state index in [0.717, 1.165) is 4.88 Å². The molecule has 0 radical (unpaired) electrons. The van der Waals surface area contributed by atoms with Crippen molar-refractivity contribution in [1.29, 1.82) is 0 Å². The quantitative estimate of drug-likeness (QED) is 0.798. The molecule has 1 heterocycles. The lowest BCUT2D eigenvalue weighted by molar-refractivity contribution is -0.141. The minimum Gasteiger partial charge on any atom is -0.469 e. The van der Waals surface area contributed by atoms with Gasteiger partial charge in [0, 0.05) is 9.35 Å². The van der Waals surface area contributed by atoms with Crippen LogP contribution < -0.4 is 5.32 Å². The van der Waals surface area contributed by atoms with Gasteiger partial charge in [0.2, 0.25) is 0 Å².